The van der Waals surface area contributed by atoms with Gasteiger partial charge in [0.2, 0.25) is 0 Å². The number of benzene rings is 1. The van der Waals surface area contributed by atoms with Gasteiger partial charge in [0.05, 0.1) is 19.3 Å². The Morgan fingerprint density at radius 1 is 1.24 bits per heavy atom. The van der Waals surface area contributed by atoms with Crippen molar-refractivity contribution in [2.45, 2.75) is 58.1 Å². The second-order valence-electron chi connectivity index (χ2n) is 6.25. The van der Waals surface area contributed by atoms with Crippen molar-refractivity contribution in [3.63, 3.8) is 0 Å². The van der Waals surface area contributed by atoms with Crippen LogP contribution in [0.3, 0.4) is 0 Å². The van der Waals surface area contributed by atoms with E-state index in [1.54, 1.807) is 25.1 Å². The highest BCUT2D eigenvalue weighted by atomic mass is 16.5. The SMILES string of the molecule is CCCOc1ccc(C(=O)O[C@H](C)C(=O)NC2CCCC2)cc1OC. The molecule has 1 amide bonds. The van der Waals surface area contributed by atoms with Crippen LogP contribution in [0.25, 0.3) is 0 Å². The molecule has 1 atom stereocenters. The van der Waals surface area contributed by atoms with Crippen LogP contribution >= 0.6 is 0 Å². The van der Waals surface area contributed by atoms with Gasteiger partial charge in [-0.2, -0.15) is 0 Å². The van der Waals surface area contributed by atoms with Gasteiger partial charge in [0.15, 0.2) is 17.6 Å². The predicted octanol–water partition coefficient (Wildman–Crippen LogP) is 3.09. The van der Waals surface area contributed by atoms with Crippen LogP contribution in [-0.4, -0.2) is 37.7 Å². The van der Waals surface area contributed by atoms with Crippen molar-refractivity contribution in [1.82, 2.24) is 5.32 Å². The van der Waals surface area contributed by atoms with Crippen molar-refractivity contribution in [2.24, 2.45) is 0 Å². The first-order chi connectivity index (χ1) is 12.0. The third-order valence-corrected chi connectivity index (χ3v) is 4.22. The highest BCUT2D eigenvalue weighted by Gasteiger charge is 2.24. The molecule has 0 unspecified atom stereocenters. The van der Waals surface area contributed by atoms with Gasteiger partial charge in [-0.25, -0.2) is 4.79 Å². The van der Waals surface area contributed by atoms with Crippen molar-refractivity contribution in [2.75, 3.05) is 13.7 Å². The molecule has 1 aromatic carbocycles. The zero-order valence-corrected chi connectivity index (χ0v) is 15.2. The Labute approximate surface area is 148 Å². The molecule has 0 aliphatic heterocycles. The van der Waals surface area contributed by atoms with Gasteiger partial charge in [0.1, 0.15) is 0 Å². The Balaban J connectivity index is 1.95. The maximum Gasteiger partial charge on any atom is 0.339 e. The normalized spacial score (nSPS) is 15.5. The quantitative estimate of drug-likeness (QED) is 0.730. The third kappa shape index (κ3) is 5.37. The lowest BCUT2D eigenvalue weighted by atomic mass is 10.2. The summed E-state index contributed by atoms with van der Waals surface area (Å²) >= 11 is 0. The number of ether oxygens (including phenoxy) is 3. The van der Waals surface area contributed by atoms with Crippen LogP contribution in [0.4, 0.5) is 0 Å². The zero-order valence-electron chi connectivity index (χ0n) is 15.2. The lowest BCUT2D eigenvalue weighted by Gasteiger charge is -2.17. The molecule has 1 aromatic rings. The summed E-state index contributed by atoms with van der Waals surface area (Å²) in [5, 5.41) is 2.93. The van der Waals surface area contributed by atoms with Crippen LogP contribution in [0.15, 0.2) is 18.2 Å². The number of carbonyl (C=O) groups excluding carboxylic acids is 2. The Morgan fingerprint density at radius 3 is 2.60 bits per heavy atom. The summed E-state index contributed by atoms with van der Waals surface area (Å²) in [7, 11) is 1.51. The van der Waals surface area contributed by atoms with Gasteiger partial charge in [-0.3, -0.25) is 4.79 Å². The summed E-state index contributed by atoms with van der Waals surface area (Å²) < 4.78 is 16.1. The maximum atomic E-state index is 12.3. The molecule has 0 bridgehead atoms. The van der Waals surface area contributed by atoms with Crippen molar-refractivity contribution < 1.29 is 23.8 Å². The minimum atomic E-state index is -0.838. The van der Waals surface area contributed by atoms with Gasteiger partial charge < -0.3 is 19.5 Å². The number of hydrogen-bond donors (Lipinski definition) is 1. The van der Waals surface area contributed by atoms with Crippen molar-refractivity contribution in [1.29, 1.82) is 0 Å². The van der Waals surface area contributed by atoms with Crippen molar-refractivity contribution in [3.8, 4) is 11.5 Å². The molecule has 0 radical (unpaired) electrons. The largest absolute Gasteiger partial charge is 0.493 e. The molecular formula is C19H27NO5. The molecule has 25 heavy (non-hydrogen) atoms. The molecule has 1 saturated carbocycles. The van der Waals surface area contributed by atoms with E-state index in [-0.39, 0.29) is 11.9 Å². The number of esters is 1. The van der Waals surface area contributed by atoms with Crippen molar-refractivity contribution >= 4 is 11.9 Å². The van der Waals surface area contributed by atoms with E-state index in [4.69, 9.17) is 14.2 Å². The standard InChI is InChI=1S/C19H27NO5/c1-4-11-24-16-10-9-14(12-17(16)23-3)19(22)25-13(2)18(21)20-15-7-5-6-8-15/h9-10,12-13,15H,4-8,11H2,1-3H3,(H,20,21)/t13-/m1/s1. The van der Waals surface area contributed by atoms with Crippen LogP contribution in [0.5, 0.6) is 11.5 Å². The van der Waals surface area contributed by atoms with E-state index in [1.807, 2.05) is 6.92 Å². The third-order valence-electron chi connectivity index (χ3n) is 4.22. The Kier molecular flexibility index (Phi) is 7.10. The predicted molar refractivity (Wildman–Crippen MR) is 94.1 cm³/mol. The minimum absolute atomic E-state index is 0.198. The topological polar surface area (TPSA) is 73.9 Å². The van der Waals surface area contributed by atoms with E-state index in [1.165, 1.54) is 7.11 Å². The van der Waals surface area contributed by atoms with Gasteiger partial charge in [0, 0.05) is 6.04 Å². The molecule has 0 heterocycles. The fourth-order valence-electron chi connectivity index (χ4n) is 2.80. The average molecular weight is 349 g/mol. The molecule has 1 N–H and O–H groups in total. The van der Waals surface area contributed by atoms with Crippen LogP contribution in [0.1, 0.15) is 56.3 Å². The summed E-state index contributed by atoms with van der Waals surface area (Å²) in [6, 6.07) is 5.05. The molecule has 2 rings (SSSR count). The number of amides is 1. The van der Waals surface area contributed by atoms with Gasteiger partial charge in [-0.1, -0.05) is 19.8 Å². The number of methoxy groups -OCH3 is 1. The minimum Gasteiger partial charge on any atom is -0.493 e. The lowest BCUT2D eigenvalue weighted by molar-refractivity contribution is -0.129. The second kappa shape index (κ2) is 9.30. The summed E-state index contributed by atoms with van der Waals surface area (Å²) in [6.07, 6.45) is 4.28. The van der Waals surface area contributed by atoms with E-state index < -0.39 is 12.1 Å². The Hall–Kier alpha value is -2.24. The smallest absolute Gasteiger partial charge is 0.339 e. The van der Waals surface area contributed by atoms with E-state index >= 15 is 0 Å². The van der Waals surface area contributed by atoms with Crippen molar-refractivity contribution in [3.05, 3.63) is 23.8 Å². The molecule has 138 valence electrons. The molecule has 6 heteroatoms. The van der Waals surface area contributed by atoms with E-state index in [2.05, 4.69) is 5.32 Å². The van der Waals surface area contributed by atoms with E-state index in [9.17, 15) is 9.59 Å². The number of hydrogen-bond acceptors (Lipinski definition) is 5. The highest BCUT2D eigenvalue weighted by Crippen LogP contribution is 2.28. The molecule has 0 spiro atoms. The van der Waals surface area contributed by atoms with Gasteiger partial charge in [0.25, 0.3) is 5.91 Å². The fourth-order valence-corrected chi connectivity index (χ4v) is 2.80. The first kappa shape index (κ1) is 19.1. The summed E-state index contributed by atoms with van der Waals surface area (Å²) in [5.41, 5.74) is 0.321. The monoisotopic (exact) mass is 349 g/mol. The molecule has 1 fully saturated rings. The highest BCUT2D eigenvalue weighted by molar-refractivity contribution is 5.92. The summed E-state index contributed by atoms with van der Waals surface area (Å²) in [6.45, 7) is 4.16. The number of carbonyl (C=O) groups is 2. The molecule has 0 aromatic heterocycles. The molecule has 0 saturated heterocycles. The molecule has 1 aliphatic carbocycles. The molecule has 1 aliphatic rings. The first-order valence-electron chi connectivity index (χ1n) is 8.87. The van der Waals surface area contributed by atoms with Gasteiger partial charge in [-0.05, 0) is 44.4 Å². The fraction of sp³-hybridized carbons (Fsp3) is 0.579. The summed E-state index contributed by atoms with van der Waals surface area (Å²) in [4.78, 5) is 24.4. The summed E-state index contributed by atoms with van der Waals surface area (Å²) in [5.74, 6) is 0.225. The van der Waals surface area contributed by atoms with Gasteiger partial charge >= 0.3 is 5.97 Å². The van der Waals surface area contributed by atoms with Crippen LogP contribution in [-0.2, 0) is 9.53 Å². The Morgan fingerprint density at radius 2 is 1.96 bits per heavy atom. The zero-order chi connectivity index (χ0) is 18.2. The van der Waals surface area contributed by atoms with Crippen LogP contribution < -0.4 is 14.8 Å². The number of nitrogens with one attached hydrogen (secondary N) is 1. The van der Waals surface area contributed by atoms with Gasteiger partial charge in [-0.15, -0.1) is 0 Å². The van der Waals surface area contributed by atoms with Crippen LogP contribution in [0, 0.1) is 0 Å². The lowest BCUT2D eigenvalue weighted by Crippen LogP contribution is -2.40. The van der Waals surface area contributed by atoms with E-state index in [0.29, 0.717) is 23.7 Å². The average Bonchev–Trinajstić information content (AvgIpc) is 3.12. The van der Waals surface area contributed by atoms with E-state index in [0.717, 1.165) is 32.1 Å². The second-order valence-corrected chi connectivity index (χ2v) is 6.25. The molecular weight excluding hydrogens is 322 g/mol. The van der Waals surface area contributed by atoms with Crippen LogP contribution in [0.2, 0.25) is 0 Å². The first-order valence-corrected chi connectivity index (χ1v) is 8.87. The Bertz CT molecular complexity index is 595. The number of rotatable bonds is 8. The molecule has 6 nitrogen and oxygen atoms in total. The maximum absolute atomic E-state index is 12.3.